The van der Waals surface area contributed by atoms with E-state index in [4.69, 9.17) is 0 Å². The molecule has 2 heteroatoms. The van der Waals surface area contributed by atoms with Crippen molar-refractivity contribution >= 4 is 12.6 Å². The average molecular weight is 131 g/mol. The van der Waals surface area contributed by atoms with Gasteiger partial charge < -0.3 is 5.32 Å². The molecule has 1 atom stereocenters. The first-order chi connectivity index (χ1) is 3.62. The molecule has 0 aromatic carbocycles. The van der Waals surface area contributed by atoms with Gasteiger partial charge >= 0.3 is 0 Å². The second kappa shape index (κ2) is 3.15. The lowest BCUT2D eigenvalue weighted by molar-refractivity contribution is 0.568. The van der Waals surface area contributed by atoms with Crippen LogP contribution in [0.5, 0.6) is 0 Å². The van der Waals surface area contributed by atoms with Crippen LogP contribution in [0, 0.1) is 0 Å². The van der Waals surface area contributed by atoms with Crippen molar-refractivity contribution in [1.29, 1.82) is 0 Å². The van der Waals surface area contributed by atoms with E-state index in [9.17, 15) is 0 Å². The maximum atomic E-state index is 4.28. The highest BCUT2D eigenvalue weighted by Gasteiger charge is 2.11. The highest BCUT2D eigenvalue weighted by Crippen LogP contribution is 2.12. The third-order valence-corrected chi connectivity index (χ3v) is 1.49. The molecule has 0 aliphatic rings. The first kappa shape index (κ1) is 8.05. The summed E-state index contributed by atoms with van der Waals surface area (Å²) in [6, 6.07) is 0. The zero-order valence-electron chi connectivity index (χ0n) is 5.44. The highest BCUT2D eigenvalue weighted by atomic mass is 32.1. The maximum Gasteiger partial charge on any atom is 0.0619 e. The Hall–Kier alpha value is 0.0500. The second-order valence-electron chi connectivity index (χ2n) is 2.02. The molecule has 0 rings (SSSR count). The third kappa shape index (κ3) is 3.10. The molecule has 0 aliphatic heterocycles. The largest absolute Gasteiger partial charge is 0.306 e. The SMILES string of the molecule is C=CCC(C)(S)NC. The Kier molecular flexibility index (Phi) is 3.17. The fraction of sp³-hybridized carbons (Fsp3) is 0.667. The standard InChI is InChI=1S/C6H13NS/c1-4-5-6(2,8)7-3/h4,7-8H,1,5H2,2-3H3. The van der Waals surface area contributed by atoms with Crippen molar-refractivity contribution in [2.24, 2.45) is 0 Å². The summed E-state index contributed by atoms with van der Waals surface area (Å²) in [5.74, 6) is 0. The molecule has 0 saturated carbocycles. The Morgan fingerprint density at radius 3 is 2.50 bits per heavy atom. The van der Waals surface area contributed by atoms with Gasteiger partial charge in [0.15, 0.2) is 0 Å². The zero-order valence-corrected chi connectivity index (χ0v) is 6.33. The van der Waals surface area contributed by atoms with E-state index in [0.717, 1.165) is 6.42 Å². The summed E-state index contributed by atoms with van der Waals surface area (Å²) in [5, 5.41) is 3.04. The first-order valence-electron chi connectivity index (χ1n) is 2.64. The smallest absolute Gasteiger partial charge is 0.0619 e. The minimum absolute atomic E-state index is 0.0816. The number of hydrogen-bond donors (Lipinski definition) is 2. The van der Waals surface area contributed by atoms with Gasteiger partial charge in [0, 0.05) is 0 Å². The van der Waals surface area contributed by atoms with Crippen molar-refractivity contribution in [1.82, 2.24) is 5.32 Å². The first-order valence-corrected chi connectivity index (χ1v) is 3.09. The van der Waals surface area contributed by atoms with E-state index in [-0.39, 0.29) is 4.87 Å². The average Bonchev–Trinajstić information content (AvgIpc) is 1.67. The van der Waals surface area contributed by atoms with Crippen molar-refractivity contribution < 1.29 is 0 Å². The van der Waals surface area contributed by atoms with E-state index in [0.29, 0.717) is 0 Å². The maximum absolute atomic E-state index is 4.28. The molecule has 0 fully saturated rings. The van der Waals surface area contributed by atoms with Crippen LogP contribution in [0.2, 0.25) is 0 Å². The Morgan fingerprint density at radius 1 is 1.88 bits per heavy atom. The Balaban J connectivity index is 3.53. The number of nitrogens with one attached hydrogen (secondary N) is 1. The zero-order chi connectivity index (χ0) is 6.62. The van der Waals surface area contributed by atoms with Crippen LogP contribution in [-0.4, -0.2) is 11.9 Å². The van der Waals surface area contributed by atoms with E-state index < -0.39 is 0 Å². The predicted octanol–water partition coefficient (Wildman–Crippen LogP) is 1.43. The van der Waals surface area contributed by atoms with Crippen LogP contribution >= 0.6 is 12.6 Å². The lowest BCUT2D eigenvalue weighted by Gasteiger charge is -2.19. The Labute approximate surface area is 56.6 Å². The molecule has 1 N–H and O–H groups in total. The molecule has 1 unspecified atom stereocenters. The molecule has 48 valence electrons. The lowest BCUT2D eigenvalue weighted by Crippen LogP contribution is -2.32. The fourth-order valence-corrected chi connectivity index (χ4v) is 0.512. The van der Waals surface area contributed by atoms with Crippen LogP contribution in [0.3, 0.4) is 0 Å². The molecular weight excluding hydrogens is 118 g/mol. The predicted molar refractivity (Wildman–Crippen MR) is 41.3 cm³/mol. The van der Waals surface area contributed by atoms with Crippen molar-refractivity contribution in [3.8, 4) is 0 Å². The van der Waals surface area contributed by atoms with Crippen LogP contribution in [0.4, 0.5) is 0 Å². The van der Waals surface area contributed by atoms with Crippen molar-refractivity contribution in [3.05, 3.63) is 12.7 Å². The van der Waals surface area contributed by atoms with E-state index in [1.54, 1.807) is 0 Å². The van der Waals surface area contributed by atoms with E-state index >= 15 is 0 Å². The van der Waals surface area contributed by atoms with Crippen LogP contribution in [0.15, 0.2) is 12.7 Å². The van der Waals surface area contributed by atoms with E-state index in [2.05, 4.69) is 24.5 Å². The normalized spacial score (nSPS) is 17.4. The summed E-state index contributed by atoms with van der Waals surface area (Å²) in [7, 11) is 1.89. The van der Waals surface area contributed by atoms with Gasteiger partial charge in [-0.1, -0.05) is 6.08 Å². The summed E-state index contributed by atoms with van der Waals surface area (Å²) >= 11 is 4.28. The molecule has 0 aromatic heterocycles. The molecule has 0 amide bonds. The van der Waals surface area contributed by atoms with Crippen molar-refractivity contribution in [2.45, 2.75) is 18.2 Å². The minimum Gasteiger partial charge on any atom is -0.306 e. The number of hydrogen-bond acceptors (Lipinski definition) is 2. The Bertz CT molecular complexity index is 78.6. The van der Waals surface area contributed by atoms with Gasteiger partial charge in [0.2, 0.25) is 0 Å². The monoisotopic (exact) mass is 131 g/mol. The summed E-state index contributed by atoms with van der Waals surface area (Å²) in [4.78, 5) is -0.0816. The summed E-state index contributed by atoms with van der Waals surface area (Å²) in [5.41, 5.74) is 0. The topological polar surface area (TPSA) is 12.0 Å². The summed E-state index contributed by atoms with van der Waals surface area (Å²) < 4.78 is 0. The van der Waals surface area contributed by atoms with Gasteiger partial charge in [0.1, 0.15) is 0 Å². The fourth-order valence-electron chi connectivity index (χ4n) is 0.383. The van der Waals surface area contributed by atoms with Gasteiger partial charge in [-0.05, 0) is 20.4 Å². The van der Waals surface area contributed by atoms with Gasteiger partial charge in [-0.25, -0.2) is 0 Å². The second-order valence-corrected chi connectivity index (χ2v) is 3.00. The van der Waals surface area contributed by atoms with Crippen molar-refractivity contribution in [2.75, 3.05) is 7.05 Å². The highest BCUT2D eigenvalue weighted by molar-refractivity contribution is 7.81. The van der Waals surface area contributed by atoms with Crippen LogP contribution in [0.25, 0.3) is 0 Å². The molecule has 0 spiro atoms. The number of thiol groups is 1. The summed E-state index contributed by atoms with van der Waals surface area (Å²) in [6.07, 6.45) is 2.73. The molecule has 0 aromatic rings. The Morgan fingerprint density at radius 2 is 2.38 bits per heavy atom. The van der Waals surface area contributed by atoms with Crippen LogP contribution in [0.1, 0.15) is 13.3 Å². The molecule has 8 heavy (non-hydrogen) atoms. The van der Waals surface area contributed by atoms with Gasteiger partial charge in [-0.3, -0.25) is 0 Å². The summed E-state index contributed by atoms with van der Waals surface area (Å²) in [6.45, 7) is 5.62. The van der Waals surface area contributed by atoms with E-state index in [1.165, 1.54) is 0 Å². The molecule has 1 nitrogen and oxygen atoms in total. The third-order valence-electron chi connectivity index (χ3n) is 1.08. The lowest BCUT2D eigenvalue weighted by atomic mass is 10.2. The van der Waals surface area contributed by atoms with Gasteiger partial charge in [-0.2, -0.15) is 12.6 Å². The molecule has 0 saturated heterocycles. The van der Waals surface area contributed by atoms with Gasteiger partial charge in [0.05, 0.1) is 4.87 Å². The van der Waals surface area contributed by atoms with Crippen LogP contribution in [-0.2, 0) is 0 Å². The molecule has 0 radical (unpaired) electrons. The quantitative estimate of drug-likeness (QED) is 0.335. The molecule has 0 heterocycles. The van der Waals surface area contributed by atoms with Crippen LogP contribution < -0.4 is 5.32 Å². The number of rotatable bonds is 3. The molecule has 0 aliphatic carbocycles. The van der Waals surface area contributed by atoms with Gasteiger partial charge in [-0.15, -0.1) is 6.58 Å². The minimum atomic E-state index is -0.0816. The van der Waals surface area contributed by atoms with Crippen molar-refractivity contribution in [3.63, 3.8) is 0 Å². The van der Waals surface area contributed by atoms with E-state index in [1.807, 2.05) is 20.0 Å². The molecule has 0 bridgehead atoms. The van der Waals surface area contributed by atoms with Gasteiger partial charge in [0.25, 0.3) is 0 Å². The molecular formula is C6H13NS.